The van der Waals surface area contributed by atoms with Gasteiger partial charge in [-0.15, -0.1) is 0 Å². The van der Waals surface area contributed by atoms with E-state index in [9.17, 15) is 0 Å². The summed E-state index contributed by atoms with van der Waals surface area (Å²) < 4.78 is 2.45. The third-order valence-corrected chi connectivity index (χ3v) is 9.67. The number of rotatable bonds is 7. The van der Waals surface area contributed by atoms with Gasteiger partial charge >= 0.3 is 0 Å². The van der Waals surface area contributed by atoms with E-state index in [0.717, 1.165) is 34.6 Å². The van der Waals surface area contributed by atoms with Crippen LogP contribution in [-0.2, 0) is 0 Å². The van der Waals surface area contributed by atoms with Crippen molar-refractivity contribution in [3.8, 4) is 16.8 Å². The molecule has 7 aromatic carbocycles. The monoisotopic (exact) mass is 633 g/mol. The van der Waals surface area contributed by atoms with Crippen LogP contribution < -0.4 is 10.9 Å². The van der Waals surface area contributed by atoms with E-state index in [1.807, 2.05) is 23.2 Å². The van der Waals surface area contributed by atoms with E-state index in [1.165, 1.54) is 60.1 Å². The lowest BCUT2D eigenvalue weighted by Crippen LogP contribution is -2.25. The zero-order chi connectivity index (χ0) is 33.5. The summed E-state index contributed by atoms with van der Waals surface area (Å²) in [6, 6.07) is 50.1. The summed E-state index contributed by atoms with van der Waals surface area (Å²) in [4.78, 5) is 0. The Morgan fingerprint density at radius 3 is 2.18 bits per heavy atom. The van der Waals surface area contributed by atoms with Gasteiger partial charge in [0.1, 0.15) is 0 Å². The molecule has 3 nitrogen and oxygen atoms in total. The number of benzene rings is 7. The van der Waals surface area contributed by atoms with E-state index in [4.69, 9.17) is 5.84 Å². The SMILES string of the molecule is C/C=C\C(=C/CC)c1cc2ccccc2c2c1ccc1c2c2cc(C)c(N(N)c3ccccc3)cc2n1-c1ccccc1-c1ccccc1. The second-order valence-corrected chi connectivity index (χ2v) is 12.7. The molecular weight excluding hydrogens is 595 g/mol. The number of aryl methyl sites for hydroxylation is 1. The van der Waals surface area contributed by atoms with Gasteiger partial charge in [-0.25, -0.2) is 5.84 Å². The molecule has 49 heavy (non-hydrogen) atoms. The smallest absolute Gasteiger partial charge is 0.0625 e. The Bertz CT molecular complexity index is 2550. The first-order valence-electron chi connectivity index (χ1n) is 17.1. The first-order valence-corrected chi connectivity index (χ1v) is 17.1. The van der Waals surface area contributed by atoms with Crippen molar-refractivity contribution in [3.05, 3.63) is 169 Å². The number of hydrogen-bond donors (Lipinski definition) is 1. The third-order valence-electron chi connectivity index (χ3n) is 9.67. The van der Waals surface area contributed by atoms with Crippen LogP contribution in [0.5, 0.6) is 0 Å². The molecule has 1 heterocycles. The van der Waals surface area contributed by atoms with Gasteiger partial charge < -0.3 is 4.57 Å². The van der Waals surface area contributed by atoms with Crippen LogP contribution in [0.2, 0.25) is 0 Å². The minimum Gasteiger partial charge on any atom is -0.309 e. The molecule has 0 aliphatic heterocycles. The molecule has 238 valence electrons. The van der Waals surface area contributed by atoms with Gasteiger partial charge in [0.25, 0.3) is 0 Å². The highest BCUT2D eigenvalue weighted by Crippen LogP contribution is 2.45. The lowest BCUT2D eigenvalue weighted by atomic mass is 9.90. The van der Waals surface area contributed by atoms with Crippen molar-refractivity contribution in [2.24, 2.45) is 5.84 Å². The van der Waals surface area contributed by atoms with E-state index < -0.39 is 0 Å². The lowest BCUT2D eigenvalue weighted by Gasteiger charge is -2.22. The molecule has 0 atom stereocenters. The largest absolute Gasteiger partial charge is 0.309 e. The first-order chi connectivity index (χ1) is 24.1. The molecule has 2 N–H and O–H groups in total. The standard InChI is InChI=1S/C46H39N3/c1-4-16-32(17-5-2)39-29-34-20-12-13-24-37(34)45-38(39)26-27-42-46(45)40-28-31(3)43(49(47)35-21-10-7-11-22-35)30-44(40)48(42)41-25-15-14-23-36(41)33-18-8-6-9-19-33/h4,6-30H,5,47H2,1-3H3/b16-4-,32-17+. The Labute approximate surface area is 287 Å². The number of nitrogens with zero attached hydrogens (tertiary/aromatic N) is 2. The average molecular weight is 634 g/mol. The number of aromatic nitrogens is 1. The highest BCUT2D eigenvalue weighted by Gasteiger charge is 2.22. The fourth-order valence-electron chi connectivity index (χ4n) is 7.52. The second kappa shape index (κ2) is 12.6. The zero-order valence-electron chi connectivity index (χ0n) is 28.2. The van der Waals surface area contributed by atoms with Crippen molar-refractivity contribution in [2.45, 2.75) is 27.2 Å². The zero-order valence-corrected chi connectivity index (χ0v) is 28.2. The Morgan fingerprint density at radius 2 is 1.41 bits per heavy atom. The van der Waals surface area contributed by atoms with E-state index >= 15 is 0 Å². The summed E-state index contributed by atoms with van der Waals surface area (Å²) in [6.45, 7) is 6.47. The van der Waals surface area contributed by atoms with Crippen LogP contribution in [0, 0.1) is 6.92 Å². The Morgan fingerprint density at radius 1 is 0.694 bits per heavy atom. The molecule has 0 unspecified atom stereocenters. The predicted octanol–water partition coefficient (Wildman–Crippen LogP) is 12.4. The van der Waals surface area contributed by atoms with Gasteiger partial charge in [-0.3, -0.25) is 5.01 Å². The van der Waals surface area contributed by atoms with Crippen molar-refractivity contribution in [3.63, 3.8) is 0 Å². The summed E-state index contributed by atoms with van der Waals surface area (Å²) >= 11 is 0. The summed E-state index contributed by atoms with van der Waals surface area (Å²) in [5, 5.41) is 9.29. The van der Waals surface area contributed by atoms with E-state index in [0.29, 0.717) is 0 Å². The van der Waals surface area contributed by atoms with Gasteiger partial charge in [-0.1, -0.05) is 122 Å². The van der Waals surface area contributed by atoms with Crippen LogP contribution in [0.25, 0.3) is 65.7 Å². The second-order valence-electron chi connectivity index (χ2n) is 12.7. The minimum absolute atomic E-state index is 0.942. The van der Waals surface area contributed by atoms with Crippen LogP contribution in [0.15, 0.2) is 158 Å². The van der Waals surface area contributed by atoms with Crippen LogP contribution >= 0.6 is 0 Å². The molecule has 8 aromatic rings. The van der Waals surface area contributed by atoms with Gasteiger partial charge in [-0.2, -0.15) is 0 Å². The summed E-state index contributed by atoms with van der Waals surface area (Å²) in [5.74, 6) is 6.90. The molecule has 0 amide bonds. The topological polar surface area (TPSA) is 34.2 Å². The Hall–Kier alpha value is -5.90. The number of hydrazine groups is 1. The van der Waals surface area contributed by atoms with Gasteiger partial charge in [0.15, 0.2) is 0 Å². The van der Waals surface area contributed by atoms with Crippen molar-refractivity contribution < 1.29 is 0 Å². The maximum absolute atomic E-state index is 6.90. The van der Waals surface area contributed by atoms with Gasteiger partial charge in [0, 0.05) is 21.7 Å². The average Bonchev–Trinajstić information content (AvgIpc) is 3.47. The van der Waals surface area contributed by atoms with Crippen molar-refractivity contribution in [2.75, 3.05) is 5.01 Å². The third kappa shape index (κ3) is 5.11. The van der Waals surface area contributed by atoms with E-state index in [2.05, 4.69) is 165 Å². The fourth-order valence-corrected chi connectivity index (χ4v) is 7.52. The summed E-state index contributed by atoms with van der Waals surface area (Å²) in [5.41, 5.74) is 11.3. The highest BCUT2D eigenvalue weighted by atomic mass is 15.4. The van der Waals surface area contributed by atoms with Gasteiger partial charge in [0.2, 0.25) is 0 Å². The number of nitrogens with two attached hydrogens (primary N) is 1. The van der Waals surface area contributed by atoms with Crippen molar-refractivity contribution in [1.82, 2.24) is 4.57 Å². The van der Waals surface area contributed by atoms with Crippen molar-refractivity contribution in [1.29, 1.82) is 0 Å². The molecule has 0 bridgehead atoms. The molecule has 8 rings (SSSR count). The molecule has 1 aromatic heterocycles. The molecule has 0 radical (unpaired) electrons. The molecule has 3 heteroatoms. The minimum atomic E-state index is 0.942. The molecule has 0 saturated heterocycles. The fraction of sp³-hybridized carbons (Fsp3) is 0.0870. The summed E-state index contributed by atoms with van der Waals surface area (Å²) in [6.07, 6.45) is 7.68. The van der Waals surface area contributed by atoms with Crippen LogP contribution in [0.3, 0.4) is 0 Å². The molecular formula is C46H39N3. The van der Waals surface area contributed by atoms with Crippen molar-refractivity contribution >= 4 is 60.3 Å². The van der Waals surface area contributed by atoms with Crippen LogP contribution in [0.4, 0.5) is 11.4 Å². The maximum Gasteiger partial charge on any atom is 0.0625 e. The number of allylic oxidation sites excluding steroid dienone is 4. The number of hydrogen-bond acceptors (Lipinski definition) is 2. The lowest BCUT2D eigenvalue weighted by molar-refractivity contribution is 1.07. The molecule has 0 fully saturated rings. The normalized spacial score (nSPS) is 12.2. The molecule has 0 aliphatic rings. The van der Waals surface area contributed by atoms with E-state index in [1.54, 1.807) is 0 Å². The van der Waals surface area contributed by atoms with Gasteiger partial charge in [-0.05, 0) is 101 Å². The Kier molecular flexibility index (Phi) is 7.83. The van der Waals surface area contributed by atoms with Crippen LogP contribution in [-0.4, -0.2) is 4.57 Å². The number of para-hydroxylation sites is 2. The highest BCUT2D eigenvalue weighted by molar-refractivity contribution is 6.30. The quantitative estimate of drug-likeness (QED) is 0.0820. The number of anilines is 2. The molecule has 0 aliphatic carbocycles. The van der Waals surface area contributed by atoms with Gasteiger partial charge in [0.05, 0.1) is 28.1 Å². The Balaban J connectivity index is 1.56. The number of fused-ring (bicyclic) bond motifs is 7. The predicted molar refractivity (Wildman–Crippen MR) is 212 cm³/mol. The molecule has 0 spiro atoms. The maximum atomic E-state index is 6.90. The van der Waals surface area contributed by atoms with Crippen LogP contribution in [0.1, 0.15) is 31.4 Å². The first kappa shape index (κ1) is 30.4. The molecule has 0 saturated carbocycles. The summed E-state index contributed by atoms with van der Waals surface area (Å²) in [7, 11) is 0. The van der Waals surface area contributed by atoms with E-state index in [-0.39, 0.29) is 0 Å².